The normalized spacial score (nSPS) is 11.4. The van der Waals surface area contributed by atoms with Crippen molar-refractivity contribution >= 4 is 60.2 Å². The van der Waals surface area contributed by atoms with E-state index in [1.165, 1.54) is 54.2 Å². The van der Waals surface area contributed by atoms with E-state index in [4.69, 9.17) is 0 Å². The van der Waals surface area contributed by atoms with Gasteiger partial charge in [-0.1, -0.05) is 121 Å². The molecule has 0 saturated carbocycles. The lowest BCUT2D eigenvalue weighted by Gasteiger charge is -2.26. The minimum absolute atomic E-state index is 1.13. The van der Waals surface area contributed by atoms with Gasteiger partial charge in [0, 0.05) is 17.1 Å². The van der Waals surface area contributed by atoms with Gasteiger partial charge in [0.05, 0.1) is 0 Å². The molecule has 0 aliphatic heterocycles. The van der Waals surface area contributed by atoms with Gasteiger partial charge in [0.1, 0.15) is 0 Å². The third-order valence-electron chi connectivity index (χ3n) is 8.19. The number of anilines is 3. The second-order valence-electron chi connectivity index (χ2n) is 10.6. The van der Waals surface area contributed by atoms with Gasteiger partial charge in [0.2, 0.25) is 0 Å². The minimum Gasteiger partial charge on any atom is -0.310 e. The van der Waals surface area contributed by atoms with Crippen LogP contribution in [0.25, 0.3) is 54.2 Å². The van der Waals surface area contributed by atoms with Crippen LogP contribution in [0.2, 0.25) is 0 Å². The molecule has 1 heteroatoms. The van der Waals surface area contributed by atoms with Crippen molar-refractivity contribution < 1.29 is 0 Å². The van der Waals surface area contributed by atoms with Gasteiger partial charge < -0.3 is 4.90 Å². The Morgan fingerprint density at radius 2 is 0.829 bits per heavy atom. The van der Waals surface area contributed by atoms with E-state index in [1.54, 1.807) is 0 Å². The molecule has 0 fully saturated rings. The van der Waals surface area contributed by atoms with Crippen molar-refractivity contribution in [2.45, 2.75) is 0 Å². The summed E-state index contributed by atoms with van der Waals surface area (Å²) < 4.78 is 0. The lowest BCUT2D eigenvalue weighted by Crippen LogP contribution is -2.09. The zero-order valence-corrected chi connectivity index (χ0v) is 22.5. The highest BCUT2D eigenvalue weighted by Crippen LogP contribution is 2.38. The Kier molecular flexibility index (Phi) is 5.53. The third-order valence-corrected chi connectivity index (χ3v) is 8.19. The van der Waals surface area contributed by atoms with Gasteiger partial charge in [-0.15, -0.1) is 0 Å². The predicted octanol–water partition coefficient (Wildman–Crippen LogP) is 11.4. The lowest BCUT2D eigenvalue weighted by molar-refractivity contribution is 1.29. The molecule has 41 heavy (non-hydrogen) atoms. The van der Waals surface area contributed by atoms with Crippen LogP contribution in [-0.2, 0) is 0 Å². The number of rotatable bonds is 4. The molecule has 0 radical (unpaired) electrons. The van der Waals surface area contributed by atoms with E-state index in [9.17, 15) is 0 Å². The standard InChI is InChI=1S/C40H27N/c1-2-11-35(12-3-1)41(37-25-22-28-8-4-5-10-33(28)26-37)36-23-20-29(21-24-36)34-19-16-31-15-18-32-17-14-30-9-6-7-13-38(30)40(32)39(31)27-34/h1-27H. The molecule has 8 aromatic carbocycles. The van der Waals surface area contributed by atoms with Gasteiger partial charge in [-0.25, -0.2) is 0 Å². The van der Waals surface area contributed by atoms with Crippen LogP contribution in [0.5, 0.6) is 0 Å². The molecule has 0 atom stereocenters. The highest BCUT2D eigenvalue weighted by Gasteiger charge is 2.14. The minimum atomic E-state index is 1.13. The summed E-state index contributed by atoms with van der Waals surface area (Å²) in [6.07, 6.45) is 0. The maximum Gasteiger partial charge on any atom is 0.0468 e. The Balaban J connectivity index is 1.24. The Hall–Kier alpha value is -5.40. The second-order valence-corrected chi connectivity index (χ2v) is 10.6. The van der Waals surface area contributed by atoms with Crippen LogP contribution < -0.4 is 4.90 Å². The quantitative estimate of drug-likeness (QED) is 0.208. The van der Waals surface area contributed by atoms with Crippen molar-refractivity contribution in [1.82, 2.24) is 0 Å². The smallest absolute Gasteiger partial charge is 0.0468 e. The zero-order valence-electron chi connectivity index (χ0n) is 22.5. The van der Waals surface area contributed by atoms with Gasteiger partial charge >= 0.3 is 0 Å². The molecule has 192 valence electrons. The Morgan fingerprint density at radius 1 is 0.293 bits per heavy atom. The molecule has 0 aliphatic carbocycles. The molecule has 0 amide bonds. The average molecular weight is 522 g/mol. The highest BCUT2D eigenvalue weighted by atomic mass is 15.1. The topological polar surface area (TPSA) is 3.24 Å². The summed E-state index contributed by atoms with van der Waals surface area (Å²) >= 11 is 0. The monoisotopic (exact) mass is 521 g/mol. The Labute approximate surface area is 239 Å². The van der Waals surface area contributed by atoms with E-state index < -0.39 is 0 Å². The van der Waals surface area contributed by atoms with Gasteiger partial charge in [0.25, 0.3) is 0 Å². The summed E-state index contributed by atoms with van der Waals surface area (Å²) in [7, 11) is 0. The molecule has 0 saturated heterocycles. The molecule has 8 aromatic rings. The highest BCUT2D eigenvalue weighted by molar-refractivity contribution is 6.20. The maximum atomic E-state index is 2.36. The summed E-state index contributed by atoms with van der Waals surface area (Å²) in [6.45, 7) is 0. The van der Waals surface area contributed by atoms with Gasteiger partial charge in [0.15, 0.2) is 0 Å². The molecule has 1 nitrogen and oxygen atoms in total. The molecule has 0 aromatic heterocycles. The van der Waals surface area contributed by atoms with Crippen LogP contribution >= 0.6 is 0 Å². The third kappa shape index (κ3) is 4.11. The second kappa shape index (κ2) is 9.66. The first kappa shape index (κ1) is 23.5. The van der Waals surface area contributed by atoms with Crippen LogP contribution in [0.3, 0.4) is 0 Å². The van der Waals surface area contributed by atoms with Gasteiger partial charge in [-0.2, -0.15) is 0 Å². The van der Waals surface area contributed by atoms with Crippen LogP contribution in [0.15, 0.2) is 164 Å². The van der Waals surface area contributed by atoms with E-state index in [-0.39, 0.29) is 0 Å². The van der Waals surface area contributed by atoms with E-state index >= 15 is 0 Å². The first-order chi connectivity index (χ1) is 20.3. The first-order valence-electron chi connectivity index (χ1n) is 14.1. The molecular weight excluding hydrogens is 494 g/mol. The molecule has 0 bridgehead atoms. The van der Waals surface area contributed by atoms with Crippen molar-refractivity contribution in [3.8, 4) is 11.1 Å². The SMILES string of the molecule is c1ccc(N(c2ccc(-c3ccc4ccc5ccc6ccccc6c5c4c3)cc2)c2ccc3ccccc3c2)cc1. The number of fused-ring (bicyclic) bond motifs is 6. The summed E-state index contributed by atoms with van der Waals surface area (Å²) in [6, 6.07) is 59.3. The fraction of sp³-hybridized carbons (Fsp3) is 0. The van der Waals surface area contributed by atoms with Crippen molar-refractivity contribution in [3.63, 3.8) is 0 Å². The van der Waals surface area contributed by atoms with Crippen molar-refractivity contribution in [1.29, 1.82) is 0 Å². The predicted molar refractivity (Wildman–Crippen MR) is 177 cm³/mol. The number of nitrogens with zero attached hydrogens (tertiary/aromatic N) is 1. The van der Waals surface area contributed by atoms with Crippen molar-refractivity contribution in [2.75, 3.05) is 4.90 Å². The summed E-state index contributed by atoms with van der Waals surface area (Å²) in [5, 5.41) is 10.2. The molecule has 0 unspecified atom stereocenters. The summed E-state index contributed by atoms with van der Waals surface area (Å²) in [5.41, 5.74) is 5.85. The number of benzene rings is 8. The zero-order chi connectivity index (χ0) is 27.2. The van der Waals surface area contributed by atoms with E-state index in [0.717, 1.165) is 17.1 Å². The lowest BCUT2D eigenvalue weighted by atomic mass is 9.94. The summed E-state index contributed by atoms with van der Waals surface area (Å²) in [5.74, 6) is 0. The number of para-hydroxylation sites is 1. The van der Waals surface area contributed by atoms with E-state index in [2.05, 4.69) is 169 Å². The number of hydrogen-bond donors (Lipinski definition) is 0. The molecular formula is C40H27N. The first-order valence-corrected chi connectivity index (χ1v) is 14.1. The van der Waals surface area contributed by atoms with Crippen molar-refractivity contribution in [3.05, 3.63) is 164 Å². The van der Waals surface area contributed by atoms with Crippen LogP contribution in [-0.4, -0.2) is 0 Å². The van der Waals surface area contributed by atoms with E-state index in [1.807, 2.05) is 0 Å². The van der Waals surface area contributed by atoms with Crippen LogP contribution in [0, 0.1) is 0 Å². The maximum absolute atomic E-state index is 2.36. The Bertz CT molecular complexity index is 2190. The van der Waals surface area contributed by atoms with Crippen LogP contribution in [0.4, 0.5) is 17.1 Å². The largest absolute Gasteiger partial charge is 0.310 e. The van der Waals surface area contributed by atoms with Gasteiger partial charge in [-0.05, 0) is 96.7 Å². The molecule has 0 N–H and O–H groups in total. The molecule has 8 rings (SSSR count). The van der Waals surface area contributed by atoms with Crippen molar-refractivity contribution in [2.24, 2.45) is 0 Å². The Morgan fingerprint density at radius 3 is 1.63 bits per heavy atom. The van der Waals surface area contributed by atoms with Gasteiger partial charge in [-0.3, -0.25) is 0 Å². The van der Waals surface area contributed by atoms with E-state index in [0.29, 0.717) is 0 Å². The van der Waals surface area contributed by atoms with Crippen LogP contribution in [0.1, 0.15) is 0 Å². The fourth-order valence-corrected chi connectivity index (χ4v) is 6.15. The molecule has 0 spiro atoms. The summed E-state index contributed by atoms with van der Waals surface area (Å²) in [4.78, 5) is 2.33. The molecule has 0 aliphatic rings. The molecule has 0 heterocycles. The fourth-order valence-electron chi connectivity index (χ4n) is 6.15. The average Bonchev–Trinajstić information content (AvgIpc) is 3.05. The number of hydrogen-bond acceptors (Lipinski definition) is 1.